The Kier molecular flexibility index (Phi) is 5.01. The number of nitrogens with zero attached hydrogens (tertiary/aromatic N) is 1. The molecule has 1 aromatic carbocycles. The van der Waals surface area contributed by atoms with Crippen LogP contribution in [0.3, 0.4) is 0 Å². The number of aromatic nitrogens is 1. The number of H-pyrrole nitrogens is 1. The molecule has 0 saturated heterocycles. The Balaban J connectivity index is 1.60. The first-order valence-electron chi connectivity index (χ1n) is 8.26. The Morgan fingerprint density at radius 1 is 1.27 bits per heavy atom. The van der Waals surface area contributed by atoms with E-state index in [4.69, 9.17) is 4.74 Å². The fourth-order valence-corrected chi connectivity index (χ4v) is 2.49. The lowest BCUT2D eigenvalue weighted by Crippen LogP contribution is -2.40. The van der Waals surface area contributed by atoms with E-state index >= 15 is 0 Å². The van der Waals surface area contributed by atoms with Crippen molar-refractivity contribution >= 4 is 28.7 Å². The number of hydrogen-bond donors (Lipinski definition) is 2. The van der Waals surface area contributed by atoms with Crippen molar-refractivity contribution < 1.29 is 19.1 Å². The van der Waals surface area contributed by atoms with Crippen LogP contribution in [0.25, 0.3) is 10.9 Å². The molecule has 0 radical (unpaired) electrons. The standard InChI is InChI=1S/C18H19N3O5/c1-21(9-16(23)19-11-6-7-11)17(24)10-26-18(25)13-8-15(22)20-14-5-3-2-4-12(13)14/h2-5,8,11H,6-7,9-10H2,1H3,(H,19,23)(H,20,22). The van der Waals surface area contributed by atoms with Crippen LogP contribution in [-0.2, 0) is 14.3 Å². The molecule has 1 heterocycles. The average Bonchev–Trinajstić information content (AvgIpc) is 3.42. The first kappa shape index (κ1) is 17.7. The van der Waals surface area contributed by atoms with Gasteiger partial charge in [0.1, 0.15) is 0 Å². The summed E-state index contributed by atoms with van der Waals surface area (Å²) < 4.78 is 5.03. The van der Waals surface area contributed by atoms with E-state index in [1.54, 1.807) is 24.3 Å². The van der Waals surface area contributed by atoms with Crippen LogP contribution in [0.15, 0.2) is 35.1 Å². The van der Waals surface area contributed by atoms with E-state index in [-0.39, 0.29) is 24.1 Å². The molecule has 0 bridgehead atoms. The third kappa shape index (κ3) is 4.27. The van der Waals surface area contributed by atoms with Crippen LogP contribution < -0.4 is 10.9 Å². The fourth-order valence-electron chi connectivity index (χ4n) is 2.49. The number of rotatable bonds is 6. The SMILES string of the molecule is CN(CC(=O)NC1CC1)C(=O)COC(=O)c1cc(=O)[nH]c2ccccc12. The third-order valence-electron chi connectivity index (χ3n) is 4.05. The van der Waals surface area contributed by atoms with Crippen LogP contribution in [0, 0.1) is 0 Å². The number of carbonyl (C=O) groups excluding carboxylic acids is 3. The van der Waals surface area contributed by atoms with E-state index in [9.17, 15) is 19.2 Å². The molecule has 2 N–H and O–H groups in total. The van der Waals surface area contributed by atoms with Crippen molar-refractivity contribution in [2.24, 2.45) is 0 Å². The summed E-state index contributed by atoms with van der Waals surface area (Å²) in [6.07, 6.45) is 1.93. The Morgan fingerprint density at radius 2 is 2.00 bits per heavy atom. The zero-order chi connectivity index (χ0) is 18.7. The molecule has 3 rings (SSSR count). The van der Waals surface area contributed by atoms with Gasteiger partial charge >= 0.3 is 5.97 Å². The minimum Gasteiger partial charge on any atom is -0.452 e. The number of ether oxygens (including phenoxy) is 1. The van der Waals surface area contributed by atoms with Crippen LogP contribution in [0.1, 0.15) is 23.2 Å². The normalized spacial score (nSPS) is 13.3. The van der Waals surface area contributed by atoms with Gasteiger partial charge in [0.2, 0.25) is 11.5 Å². The molecule has 0 unspecified atom stereocenters. The van der Waals surface area contributed by atoms with Gasteiger partial charge in [-0.2, -0.15) is 0 Å². The van der Waals surface area contributed by atoms with Crippen molar-refractivity contribution in [2.75, 3.05) is 20.2 Å². The van der Waals surface area contributed by atoms with Gasteiger partial charge in [0.15, 0.2) is 6.61 Å². The number of pyridine rings is 1. The maximum absolute atomic E-state index is 12.3. The highest BCUT2D eigenvalue weighted by molar-refractivity contribution is 6.03. The first-order chi connectivity index (χ1) is 12.4. The van der Waals surface area contributed by atoms with E-state index < -0.39 is 24.0 Å². The van der Waals surface area contributed by atoms with E-state index in [0.29, 0.717) is 10.9 Å². The Morgan fingerprint density at radius 3 is 2.73 bits per heavy atom. The lowest BCUT2D eigenvalue weighted by atomic mass is 10.1. The lowest BCUT2D eigenvalue weighted by Gasteiger charge is -2.16. The van der Waals surface area contributed by atoms with Crippen molar-refractivity contribution in [3.63, 3.8) is 0 Å². The number of para-hydroxylation sites is 1. The molecule has 1 aliphatic rings. The Bertz CT molecular complexity index is 916. The number of likely N-dealkylation sites (N-methyl/N-ethyl adjacent to an activating group) is 1. The molecular formula is C18H19N3O5. The molecule has 1 aromatic heterocycles. The molecule has 1 aliphatic carbocycles. The van der Waals surface area contributed by atoms with Crippen molar-refractivity contribution in [3.05, 3.63) is 46.2 Å². The molecule has 26 heavy (non-hydrogen) atoms. The summed E-state index contributed by atoms with van der Waals surface area (Å²) in [4.78, 5) is 51.5. The first-order valence-corrected chi connectivity index (χ1v) is 8.26. The summed E-state index contributed by atoms with van der Waals surface area (Å²) in [6.45, 7) is -0.603. The topological polar surface area (TPSA) is 109 Å². The van der Waals surface area contributed by atoms with Gasteiger partial charge in [-0.3, -0.25) is 14.4 Å². The van der Waals surface area contributed by atoms with Gasteiger partial charge in [-0.25, -0.2) is 4.79 Å². The summed E-state index contributed by atoms with van der Waals surface area (Å²) in [5, 5.41) is 3.31. The Hall–Kier alpha value is -3.16. The molecule has 1 saturated carbocycles. The molecule has 0 spiro atoms. The smallest absolute Gasteiger partial charge is 0.339 e. The number of carbonyl (C=O) groups is 3. The second-order valence-electron chi connectivity index (χ2n) is 6.26. The predicted octanol–water partition coefficient (Wildman–Crippen LogP) is 0.422. The molecule has 8 heteroatoms. The second-order valence-corrected chi connectivity index (χ2v) is 6.26. The molecule has 0 aliphatic heterocycles. The van der Waals surface area contributed by atoms with Crippen LogP contribution in [0.5, 0.6) is 0 Å². The van der Waals surface area contributed by atoms with Gasteiger partial charge in [-0.15, -0.1) is 0 Å². The van der Waals surface area contributed by atoms with Crippen LogP contribution in [0.4, 0.5) is 0 Å². The van der Waals surface area contributed by atoms with E-state index in [0.717, 1.165) is 18.9 Å². The van der Waals surface area contributed by atoms with Crippen molar-refractivity contribution in [1.82, 2.24) is 15.2 Å². The second kappa shape index (κ2) is 7.38. The zero-order valence-electron chi connectivity index (χ0n) is 14.3. The summed E-state index contributed by atoms with van der Waals surface area (Å²) >= 11 is 0. The van der Waals surface area contributed by atoms with Crippen molar-refractivity contribution in [3.8, 4) is 0 Å². The third-order valence-corrected chi connectivity index (χ3v) is 4.05. The predicted molar refractivity (Wildman–Crippen MR) is 93.7 cm³/mol. The number of amides is 2. The largest absolute Gasteiger partial charge is 0.452 e. The van der Waals surface area contributed by atoms with Gasteiger partial charge in [0.25, 0.3) is 5.91 Å². The highest BCUT2D eigenvalue weighted by Gasteiger charge is 2.24. The summed E-state index contributed by atoms with van der Waals surface area (Å²) in [5.41, 5.74) is 0.161. The average molecular weight is 357 g/mol. The molecule has 1 fully saturated rings. The quantitative estimate of drug-likeness (QED) is 0.729. The Labute approximate surface area is 149 Å². The lowest BCUT2D eigenvalue weighted by molar-refractivity contribution is -0.137. The van der Waals surface area contributed by atoms with E-state index in [2.05, 4.69) is 10.3 Å². The zero-order valence-corrected chi connectivity index (χ0v) is 14.3. The molecular weight excluding hydrogens is 338 g/mol. The molecule has 2 amide bonds. The van der Waals surface area contributed by atoms with E-state index in [1.807, 2.05) is 0 Å². The molecule has 2 aromatic rings. The number of esters is 1. The summed E-state index contributed by atoms with van der Waals surface area (Å²) in [7, 11) is 1.46. The molecule has 0 atom stereocenters. The van der Waals surface area contributed by atoms with Crippen LogP contribution in [0.2, 0.25) is 0 Å². The minimum absolute atomic E-state index is 0.0891. The number of benzene rings is 1. The maximum Gasteiger partial charge on any atom is 0.339 e. The molecule has 8 nitrogen and oxygen atoms in total. The number of hydrogen-bond acceptors (Lipinski definition) is 5. The van der Waals surface area contributed by atoms with Gasteiger partial charge in [0, 0.05) is 30.1 Å². The highest BCUT2D eigenvalue weighted by Crippen LogP contribution is 2.18. The van der Waals surface area contributed by atoms with Gasteiger partial charge in [0.05, 0.1) is 12.1 Å². The van der Waals surface area contributed by atoms with Gasteiger partial charge in [-0.1, -0.05) is 18.2 Å². The minimum atomic E-state index is -0.767. The maximum atomic E-state index is 12.3. The van der Waals surface area contributed by atoms with Crippen molar-refractivity contribution in [1.29, 1.82) is 0 Å². The summed E-state index contributed by atoms with van der Waals surface area (Å²) in [6, 6.07) is 8.17. The van der Waals surface area contributed by atoms with Crippen molar-refractivity contribution in [2.45, 2.75) is 18.9 Å². The number of fused-ring (bicyclic) bond motifs is 1. The van der Waals surface area contributed by atoms with E-state index in [1.165, 1.54) is 11.9 Å². The summed E-state index contributed by atoms with van der Waals surface area (Å²) in [5.74, 6) is -1.51. The van der Waals surface area contributed by atoms with Gasteiger partial charge in [-0.05, 0) is 18.9 Å². The number of nitrogens with one attached hydrogen (secondary N) is 2. The highest BCUT2D eigenvalue weighted by atomic mass is 16.5. The monoisotopic (exact) mass is 357 g/mol. The van der Waals surface area contributed by atoms with Crippen LogP contribution >= 0.6 is 0 Å². The fraction of sp³-hybridized carbons (Fsp3) is 0.333. The molecule has 136 valence electrons. The van der Waals surface area contributed by atoms with Gasteiger partial charge < -0.3 is 19.9 Å². The number of aromatic amines is 1. The van der Waals surface area contributed by atoms with Crippen LogP contribution in [-0.4, -0.2) is 53.9 Å².